The van der Waals surface area contributed by atoms with Crippen molar-refractivity contribution in [1.82, 2.24) is 20.6 Å². The van der Waals surface area contributed by atoms with Crippen LogP contribution >= 0.6 is 11.3 Å². The molecule has 0 spiro atoms. The average molecular weight is 314 g/mol. The number of aryl methyl sites for hydroxylation is 1. The molecule has 4 rings (SSSR count). The van der Waals surface area contributed by atoms with E-state index in [2.05, 4.69) is 20.6 Å². The van der Waals surface area contributed by atoms with Crippen molar-refractivity contribution in [2.75, 3.05) is 0 Å². The SMILES string of the molecule is Cc1nc(-c2ccncc2)sc1C(=O)NC1CC2CCC1N2. The van der Waals surface area contributed by atoms with E-state index in [1.807, 2.05) is 19.1 Å². The fourth-order valence-electron chi connectivity index (χ4n) is 3.44. The van der Waals surface area contributed by atoms with Gasteiger partial charge in [-0.1, -0.05) is 0 Å². The van der Waals surface area contributed by atoms with Gasteiger partial charge in [-0.05, 0) is 38.3 Å². The minimum absolute atomic E-state index is 0.00894. The molecule has 3 atom stereocenters. The van der Waals surface area contributed by atoms with E-state index in [1.54, 1.807) is 12.4 Å². The third-order valence-electron chi connectivity index (χ3n) is 4.55. The first kappa shape index (κ1) is 13.8. The summed E-state index contributed by atoms with van der Waals surface area (Å²) >= 11 is 1.45. The maximum atomic E-state index is 12.6. The maximum absolute atomic E-state index is 12.6. The number of nitrogens with zero attached hydrogens (tertiary/aromatic N) is 2. The van der Waals surface area contributed by atoms with Crippen molar-refractivity contribution in [2.24, 2.45) is 0 Å². The molecule has 4 heterocycles. The molecule has 6 heteroatoms. The highest BCUT2D eigenvalue weighted by Gasteiger charge is 2.40. The van der Waals surface area contributed by atoms with Gasteiger partial charge < -0.3 is 10.6 Å². The van der Waals surface area contributed by atoms with Gasteiger partial charge in [0.05, 0.1) is 5.69 Å². The second kappa shape index (κ2) is 5.44. The van der Waals surface area contributed by atoms with Crippen LogP contribution in [0.25, 0.3) is 10.6 Å². The van der Waals surface area contributed by atoms with Crippen molar-refractivity contribution in [3.8, 4) is 10.6 Å². The van der Waals surface area contributed by atoms with Crippen LogP contribution in [0.1, 0.15) is 34.6 Å². The first-order valence-electron chi connectivity index (χ1n) is 7.65. The van der Waals surface area contributed by atoms with Gasteiger partial charge >= 0.3 is 0 Å². The first-order chi connectivity index (χ1) is 10.7. The molecule has 0 aliphatic carbocycles. The molecule has 3 unspecified atom stereocenters. The topological polar surface area (TPSA) is 66.9 Å². The third-order valence-corrected chi connectivity index (χ3v) is 5.75. The smallest absolute Gasteiger partial charge is 0.263 e. The van der Waals surface area contributed by atoms with Crippen molar-refractivity contribution in [3.05, 3.63) is 35.1 Å². The van der Waals surface area contributed by atoms with E-state index in [4.69, 9.17) is 0 Å². The summed E-state index contributed by atoms with van der Waals surface area (Å²) in [7, 11) is 0. The van der Waals surface area contributed by atoms with Gasteiger partial charge in [0.25, 0.3) is 5.91 Å². The number of aromatic nitrogens is 2. The number of hydrogen-bond acceptors (Lipinski definition) is 5. The molecule has 0 saturated carbocycles. The minimum Gasteiger partial charge on any atom is -0.347 e. The van der Waals surface area contributed by atoms with Crippen molar-refractivity contribution >= 4 is 17.2 Å². The highest BCUT2D eigenvalue weighted by molar-refractivity contribution is 7.17. The number of hydrogen-bond donors (Lipinski definition) is 2. The Bertz CT molecular complexity index is 699. The van der Waals surface area contributed by atoms with Crippen LogP contribution in [0.2, 0.25) is 0 Å². The Balaban J connectivity index is 1.52. The lowest BCUT2D eigenvalue weighted by atomic mass is 9.95. The van der Waals surface area contributed by atoms with E-state index in [0.29, 0.717) is 12.1 Å². The number of rotatable bonds is 3. The van der Waals surface area contributed by atoms with Gasteiger partial charge in [0.2, 0.25) is 0 Å². The number of pyridine rings is 1. The summed E-state index contributed by atoms with van der Waals surface area (Å²) in [5.41, 5.74) is 1.80. The van der Waals surface area contributed by atoms with Crippen LogP contribution in [0.5, 0.6) is 0 Å². The summed E-state index contributed by atoms with van der Waals surface area (Å²) in [4.78, 5) is 21.8. The lowest BCUT2D eigenvalue weighted by Gasteiger charge is -2.21. The number of fused-ring (bicyclic) bond motifs is 2. The monoisotopic (exact) mass is 314 g/mol. The predicted molar refractivity (Wildman–Crippen MR) is 85.9 cm³/mol. The Labute approximate surface area is 133 Å². The van der Waals surface area contributed by atoms with Gasteiger partial charge in [-0.15, -0.1) is 11.3 Å². The summed E-state index contributed by atoms with van der Waals surface area (Å²) in [6.07, 6.45) is 6.94. The zero-order valence-corrected chi connectivity index (χ0v) is 13.2. The Hall–Kier alpha value is -1.79. The third kappa shape index (κ3) is 2.42. The van der Waals surface area contributed by atoms with Crippen LogP contribution in [0.15, 0.2) is 24.5 Å². The molecule has 2 aromatic heterocycles. The summed E-state index contributed by atoms with van der Waals surface area (Å²) < 4.78 is 0. The largest absolute Gasteiger partial charge is 0.347 e. The van der Waals surface area contributed by atoms with Gasteiger partial charge in [-0.2, -0.15) is 0 Å². The van der Waals surface area contributed by atoms with Crippen LogP contribution in [0.3, 0.4) is 0 Å². The minimum atomic E-state index is 0.00894. The fraction of sp³-hybridized carbons (Fsp3) is 0.438. The van der Waals surface area contributed by atoms with Crippen molar-refractivity contribution in [2.45, 2.75) is 44.3 Å². The van der Waals surface area contributed by atoms with E-state index >= 15 is 0 Å². The van der Waals surface area contributed by atoms with Crippen molar-refractivity contribution < 1.29 is 4.79 Å². The van der Waals surface area contributed by atoms with E-state index in [-0.39, 0.29) is 11.9 Å². The first-order valence-corrected chi connectivity index (χ1v) is 8.47. The van der Waals surface area contributed by atoms with Crippen LogP contribution < -0.4 is 10.6 Å². The standard InChI is InChI=1S/C16H18N4OS/c1-9-14(22-16(18-9)10-4-6-17-7-5-10)15(21)20-13-8-11-2-3-12(13)19-11/h4-7,11-13,19H,2-3,8H2,1H3,(H,20,21). The lowest BCUT2D eigenvalue weighted by Crippen LogP contribution is -2.42. The molecule has 2 saturated heterocycles. The van der Waals surface area contributed by atoms with Gasteiger partial charge in [-0.25, -0.2) is 4.98 Å². The number of amides is 1. The highest BCUT2D eigenvalue weighted by Crippen LogP contribution is 2.30. The van der Waals surface area contributed by atoms with E-state index in [1.165, 1.54) is 24.2 Å². The number of carbonyl (C=O) groups excluding carboxylic acids is 1. The molecule has 0 aromatic carbocycles. The van der Waals surface area contributed by atoms with E-state index in [9.17, 15) is 4.79 Å². The zero-order valence-electron chi connectivity index (χ0n) is 12.4. The summed E-state index contributed by atoms with van der Waals surface area (Å²) in [5, 5.41) is 7.61. The average Bonchev–Trinajstić information content (AvgIpc) is 3.23. The van der Waals surface area contributed by atoms with E-state index in [0.717, 1.165) is 27.6 Å². The van der Waals surface area contributed by atoms with Crippen molar-refractivity contribution in [3.63, 3.8) is 0 Å². The molecule has 5 nitrogen and oxygen atoms in total. The number of carbonyl (C=O) groups is 1. The van der Waals surface area contributed by atoms with Crippen molar-refractivity contribution in [1.29, 1.82) is 0 Å². The Morgan fingerprint density at radius 3 is 2.86 bits per heavy atom. The molecular formula is C16H18N4OS. The molecule has 2 fully saturated rings. The van der Waals surface area contributed by atoms with Gasteiger partial charge in [-0.3, -0.25) is 9.78 Å². The second-order valence-corrected chi connectivity index (χ2v) is 7.03. The highest BCUT2D eigenvalue weighted by atomic mass is 32.1. The van der Waals surface area contributed by atoms with Gasteiger partial charge in [0.15, 0.2) is 0 Å². The second-order valence-electron chi connectivity index (χ2n) is 6.03. The molecule has 2 aliphatic heterocycles. The summed E-state index contributed by atoms with van der Waals surface area (Å²) in [6, 6.07) is 5.13. The van der Waals surface area contributed by atoms with Gasteiger partial charge in [0.1, 0.15) is 9.88 Å². The predicted octanol–water partition coefficient (Wildman–Crippen LogP) is 2.14. The molecule has 0 radical (unpaired) electrons. The molecule has 2 N–H and O–H groups in total. The fourth-order valence-corrected chi connectivity index (χ4v) is 4.42. The quantitative estimate of drug-likeness (QED) is 0.911. The summed E-state index contributed by atoms with van der Waals surface area (Å²) in [6.45, 7) is 1.90. The Morgan fingerprint density at radius 2 is 2.18 bits per heavy atom. The van der Waals surface area contributed by atoms with E-state index < -0.39 is 0 Å². The number of thiazole rings is 1. The van der Waals surface area contributed by atoms with Crippen LogP contribution in [0.4, 0.5) is 0 Å². The molecule has 1 amide bonds. The number of nitrogens with one attached hydrogen (secondary N) is 2. The molecular weight excluding hydrogens is 296 g/mol. The molecule has 2 aromatic rings. The normalized spacial score (nSPS) is 26.3. The maximum Gasteiger partial charge on any atom is 0.263 e. The summed E-state index contributed by atoms with van der Waals surface area (Å²) in [5.74, 6) is 0.00894. The zero-order chi connectivity index (χ0) is 15.1. The van der Waals surface area contributed by atoms with Gasteiger partial charge in [0, 0.05) is 36.1 Å². The Kier molecular flexibility index (Phi) is 3.43. The van der Waals surface area contributed by atoms with Crippen LogP contribution in [-0.4, -0.2) is 34.0 Å². The van der Waals surface area contributed by atoms with Crippen LogP contribution in [-0.2, 0) is 0 Å². The van der Waals surface area contributed by atoms with Crippen LogP contribution in [0, 0.1) is 6.92 Å². The molecule has 114 valence electrons. The molecule has 2 aliphatic rings. The lowest BCUT2D eigenvalue weighted by molar-refractivity contribution is 0.0934. The Morgan fingerprint density at radius 1 is 1.36 bits per heavy atom. The molecule has 22 heavy (non-hydrogen) atoms. The molecule has 2 bridgehead atoms.